The summed E-state index contributed by atoms with van der Waals surface area (Å²) in [5.74, 6) is -0.203. The molecule has 2 N–H and O–H groups in total. The first kappa shape index (κ1) is 14.8. The van der Waals surface area contributed by atoms with E-state index in [9.17, 15) is 9.59 Å². The molecule has 0 aliphatic heterocycles. The molecular weight excluding hydrogens is 268 g/mol. The molecule has 0 bridgehead atoms. The number of aromatic amines is 1. The van der Waals surface area contributed by atoms with Crippen LogP contribution in [-0.4, -0.2) is 41.0 Å². The van der Waals surface area contributed by atoms with E-state index in [4.69, 9.17) is 0 Å². The van der Waals surface area contributed by atoms with Crippen molar-refractivity contribution in [3.05, 3.63) is 46.6 Å². The van der Waals surface area contributed by atoms with Gasteiger partial charge >= 0.3 is 0 Å². The molecule has 0 saturated heterocycles. The summed E-state index contributed by atoms with van der Waals surface area (Å²) in [7, 11) is 3.29. The van der Waals surface area contributed by atoms with Crippen molar-refractivity contribution in [1.82, 2.24) is 15.1 Å². The zero-order valence-corrected chi connectivity index (χ0v) is 12.5. The molecule has 2 amide bonds. The third kappa shape index (κ3) is 3.10. The van der Waals surface area contributed by atoms with Gasteiger partial charge in [-0.2, -0.15) is 5.10 Å². The Morgan fingerprint density at radius 1 is 1.19 bits per heavy atom. The van der Waals surface area contributed by atoms with Crippen LogP contribution in [0.3, 0.4) is 0 Å². The number of nitrogens with one attached hydrogen (secondary N) is 2. The lowest BCUT2D eigenvalue weighted by molar-refractivity contribution is 0.0828. The topological polar surface area (TPSA) is 78.1 Å². The highest BCUT2D eigenvalue weighted by molar-refractivity contribution is 6.08. The van der Waals surface area contributed by atoms with Crippen molar-refractivity contribution >= 4 is 17.6 Å². The van der Waals surface area contributed by atoms with Crippen molar-refractivity contribution in [2.45, 2.75) is 13.8 Å². The third-order valence-corrected chi connectivity index (χ3v) is 3.28. The predicted octanol–water partition coefficient (Wildman–Crippen LogP) is 1.98. The van der Waals surface area contributed by atoms with Gasteiger partial charge in [0.25, 0.3) is 11.8 Å². The highest BCUT2D eigenvalue weighted by Gasteiger charge is 2.18. The first-order chi connectivity index (χ1) is 9.90. The lowest BCUT2D eigenvalue weighted by Gasteiger charge is -2.11. The van der Waals surface area contributed by atoms with Crippen LogP contribution in [0.25, 0.3) is 0 Å². The highest BCUT2D eigenvalue weighted by atomic mass is 16.2. The lowest BCUT2D eigenvalue weighted by Crippen LogP contribution is -2.23. The van der Waals surface area contributed by atoms with Gasteiger partial charge in [-0.25, -0.2) is 0 Å². The summed E-state index contributed by atoms with van der Waals surface area (Å²) >= 11 is 0. The van der Waals surface area contributed by atoms with E-state index in [1.807, 2.05) is 26.0 Å². The molecule has 0 aliphatic rings. The minimum Gasteiger partial charge on any atom is -0.345 e. The first-order valence-electron chi connectivity index (χ1n) is 6.53. The standard InChI is InChI=1S/C15H18N4O2/c1-9-5-6-11(7-10(9)2)14(20)17-13-12(8-16-18-13)15(21)19(3)4/h5-8H,1-4H3,(H2,16,17,18,20). The zero-order valence-electron chi connectivity index (χ0n) is 12.5. The Bertz CT molecular complexity index is 689. The number of aryl methyl sites for hydroxylation is 2. The number of carbonyl (C=O) groups excluding carboxylic acids is 2. The highest BCUT2D eigenvalue weighted by Crippen LogP contribution is 2.15. The van der Waals surface area contributed by atoms with E-state index in [0.717, 1.165) is 11.1 Å². The van der Waals surface area contributed by atoms with Crippen LogP contribution in [0.2, 0.25) is 0 Å². The van der Waals surface area contributed by atoms with Crippen LogP contribution in [0.5, 0.6) is 0 Å². The van der Waals surface area contributed by atoms with Crippen LogP contribution in [0.4, 0.5) is 5.82 Å². The summed E-state index contributed by atoms with van der Waals surface area (Å²) in [6.45, 7) is 3.93. The molecule has 110 valence electrons. The second-order valence-electron chi connectivity index (χ2n) is 5.11. The van der Waals surface area contributed by atoms with Gasteiger partial charge in [-0.1, -0.05) is 6.07 Å². The number of hydrogen-bond donors (Lipinski definition) is 2. The van der Waals surface area contributed by atoms with E-state index in [-0.39, 0.29) is 11.8 Å². The molecule has 0 unspecified atom stereocenters. The molecule has 1 aromatic heterocycles. The van der Waals surface area contributed by atoms with E-state index in [1.54, 1.807) is 20.2 Å². The van der Waals surface area contributed by atoms with Crippen molar-refractivity contribution < 1.29 is 9.59 Å². The summed E-state index contributed by atoms with van der Waals surface area (Å²) < 4.78 is 0. The maximum atomic E-state index is 12.2. The quantitative estimate of drug-likeness (QED) is 0.905. The van der Waals surface area contributed by atoms with Gasteiger partial charge in [0.2, 0.25) is 0 Å². The minimum atomic E-state index is -0.282. The fourth-order valence-corrected chi connectivity index (χ4v) is 1.85. The molecule has 0 spiro atoms. The number of benzene rings is 1. The number of carbonyl (C=O) groups is 2. The summed E-state index contributed by atoms with van der Waals surface area (Å²) in [6, 6.07) is 5.46. The van der Waals surface area contributed by atoms with Gasteiger partial charge in [-0.05, 0) is 37.1 Å². The summed E-state index contributed by atoms with van der Waals surface area (Å²) in [6.07, 6.45) is 1.40. The molecule has 0 aliphatic carbocycles. The van der Waals surface area contributed by atoms with Gasteiger partial charge in [-0.3, -0.25) is 14.7 Å². The minimum absolute atomic E-state index is 0.223. The second-order valence-corrected chi connectivity index (χ2v) is 5.11. The largest absolute Gasteiger partial charge is 0.345 e. The normalized spacial score (nSPS) is 10.3. The van der Waals surface area contributed by atoms with Crippen LogP contribution < -0.4 is 5.32 Å². The van der Waals surface area contributed by atoms with Crippen molar-refractivity contribution in [3.8, 4) is 0 Å². The van der Waals surface area contributed by atoms with Crippen molar-refractivity contribution in [3.63, 3.8) is 0 Å². The van der Waals surface area contributed by atoms with Gasteiger partial charge in [0, 0.05) is 19.7 Å². The summed E-state index contributed by atoms with van der Waals surface area (Å²) in [5.41, 5.74) is 3.03. The smallest absolute Gasteiger partial charge is 0.258 e. The Morgan fingerprint density at radius 2 is 1.90 bits per heavy atom. The number of nitrogens with zero attached hydrogens (tertiary/aromatic N) is 2. The molecule has 6 nitrogen and oxygen atoms in total. The Kier molecular flexibility index (Phi) is 4.07. The van der Waals surface area contributed by atoms with E-state index < -0.39 is 0 Å². The molecule has 0 radical (unpaired) electrons. The molecule has 0 saturated carbocycles. The van der Waals surface area contributed by atoms with Crippen LogP contribution in [-0.2, 0) is 0 Å². The summed E-state index contributed by atoms with van der Waals surface area (Å²) in [4.78, 5) is 25.6. The molecular formula is C15H18N4O2. The molecule has 0 atom stereocenters. The van der Waals surface area contributed by atoms with Crippen LogP contribution in [0.1, 0.15) is 31.8 Å². The molecule has 2 rings (SSSR count). The maximum absolute atomic E-state index is 12.2. The van der Waals surface area contributed by atoms with Gasteiger partial charge in [0.1, 0.15) is 11.4 Å². The van der Waals surface area contributed by atoms with Crippen molar-refractivity contribution in [1.29, 1.82) is 0 Å². The number of H-pyrrole nitrogens is 1. The molecule has 6 heteroatoms. The Hall–Kier alpha value is -2.63. The fraction of sp³-hybridized carbons (Fsp3) is 0.267. The Morgan fingerprint density at radius 3 is 2.52 bits per heavy atom. The first-order valence-corrected chi connectivity index (χ1v) is 6.53. The number of hydrogen-bond acceptors (Lipinski definition) is 3. The van der Waals surface area contributed by atoms with Crippen molar-refractivity contribution in [2.24, 2.45) is 0 Å². The average Bonchev–Trinajstić information content (AvgIpc) is 2.88. The molecule has 2 aromatic rings. The number of rotatable bonds is 3. The Balaban J connectivity index is 2.22. The monoisotopic (exact) mass is 286 g/mol. The van der Waals surface area contributed by atoms with E-state index >= 15 is 0 Å². The second kappa shape index (κ2) is 5.78. The molecule has 1 heterocycles. The average molecular weight is 286 g/mol. The van der Waals surface area contributed by atoms with Crippen LogP contribution >= 0.6 is 0 Å². The van der Waals surface area contributed by atoms with E-state index in [2.05, 4.69) is 15.5 Å². The van der Waals surface area contributed by atoms with Gasteiger partial charge < -0.3 is 10.2 Å². The Labute approximate surface area is 123 Å². The van der Waals surface area contributed by atoms with Crippen LogP contribution in [0.15, 0.2) is 24.4 Å². The van der Waals surface area contributed by atoms with Crippen LogP contribution in [0, 0.1) is 13.8 Å². The number of aromatic nitrogens is 2. The van der Waals surface area contributed by atoms with Gasteiger partial charge in [0.15, 0.2) is 0 Å². The zero-order chi connectivity index (χ0) is 15.6. The predicted molar refractivity (Wildman–Crippen MR) is 80.5 cm³/mol. The van der Waals surface area contributed by atoms with Gasteiger partial charge in [0.05, 0.1) is 6.20 Å². The van der Waals surface area contributed by atoms with E-state index in [0.29, 0.717) is 16.9 Å². The van der Waals surface area contributed by atoms with Gasteiger partial charge in [-0.15, -0.1) is 0 Å². The van der Waals surface area contributed by atoms with Crippen molar-refractivity contribution in [2.75, 3.05) is 19.4 Å². The fourth-order valence-electron chi connectivity index (χ4n) is 1.85. The third-order valence-electron chi connectivity index (χ3n) is 3.28. The number of anilines is 1. The number of amides is 2. The lowest BCUT2D eigenvalue weighted by atomic mass is 10.1. The SMILES string of the molecule is Cc1ccc(C(=O)Nc2[nH]ncc2C(=O)N(C)C)cc1C. The molecule has 0 fully saturated rings. The summed E-state index contributed by atoms with van der Waals surface area (Å²) in [5, 5.41) is 9.14. The maximum Gasteiger partial charge on any atom is 0.258 e. The molecule has 21 heavy (non-hydrogen) atoms. The van der Waals surface area contributed by atoms with E-state index in [1.165, 1.54) is 11.1 Å². The molecule has 1 aromatic carbocycles.